The van der Waals surface area contributed by atoms with E-state index < -0.39 is 0 Å². The summed E-state index contributed by atoms with van der Waals surface area (Å²) in [6.45, 7) is 2.27. The molecule has 2 aromatic rings. The highest BCUT2D eigenvalue weighted by molar-refractivity contribution is 5.87. The summed E-state index contributed by atoms with van der Waals surface area (Å²) >= 11 is 0. The van der Waals surface area contributed by atoms with Crippen molar-refractivity contribution in [3.8, 4) is 0 Å². The predicted octanol–water partition coefficient (Wildman–Crippen LogP) is 2.97. The third-order valence-corrected chi connectivity index (χ3v) is 4.12. The Morgan fingerprint density at radius 2 is 2.22 bits per heavy atom. The lowest BCUT2D eigenvalue weighted by Crippen LogP contribution is -2.43. The summed E-state index contributed by atoms with van der Waals surface area (Å²) in [5.74, 6) is 1.98. The van der Waals surface area contributed by atoms with Gasteiger partial charge in [-0.2, -0.15) is 0 Å². The molecule has 4 heteroatoms. The Morgan fingerprint density at radius 3 is 3.00 bits per heavy atom. The normalized spacial score (nSPS) is 23.0. The summed E-state index contributed by atoms with van der Waals surface area (Å²) in [6.07, 6.45) is 8.86. The minimum absolute atomic E-state index is 0.648. The van der Waals surface area contributed by atoms with Crippen LogP contribution in [0.15, 0.2) is 18.6 Å². The molecule has 3 rings (SSSR count). The second-order valence-electron chi connectivity index (χ2n) is 5.33. The van der Waals surface area contributed by atoms with E-state index in [4.69, 9.17) is 0 Å². The average molecular weight is 244 g/mol. The molecule has 0 unspecified atom stereocenters. The number of aromatic amines is 1. The lowest BCUT2D eigenvalue weighted by Gasteiger charge is -2.42. The van der Waals surface area contributed by atoms with E-state index in [0.717, 1.165) is 22.8 Å². The van der Waals surface area contributed by atoms with E-state index in [2.05, 4.69) is 39.9 Å². The van der Waals surface area contributed by atoms with E-state index in [1.54, 1.807) is 6.33 Å². The summed E-state index contributed by atoms with van der Waals surface area (Å²) in [4.78, 5) is 14.2. The minimum atomic E-state index is 0.648. The molecular formula is C14H20N4. The first kappa shape index (κ1) is 11.5. The fraction of sp³-hybridized carbons (Fsp3) is 0.571. The van der Waals surface area contributed by atoms with Gasteiger partial charge in [-0.25, -0.2) is 9.97 Å². The van der Waals surface area contributed by atoms with E-state index >= 15 is 0 Å². The maximum Gasteiger partial charge on any atom is 0.142 e. The quantitative estimate of drug-likeness (QED) is 0.899. The fourth-order valence-corrected chi connectivity index (χ4v) is 2.97. The number of fused-ring (bicyclic) bond motifs is 1. The van der Waals surface area contributed by atoms with Gasteiger partial charge in [-0.05, 0) is 24.8 Å². The van der Waals surface area contributed by atoms with Crippen LogP contribution in [0.3, 0.4) is 0 Å². The summed E-state index contributed by atoms with van der Waals surface area (Å²) in [7, 11) is 2.15. The third kappa shape index (κ3) is 1.85. The predicted molar refractivity (Wildman–Crippen MR) is 73.7 cm³/mol. The van der Waals surface area contributed by atoms with Crippen LogP contribution in [0.5, 0.6) is 0 Å². The van der Waals surface area contributed by atoms with E-state index in [9.17, 15) is 0 Å². The number of rotatable bonds is 4. The second kappa shape index (κ2) is 4.59. The van der Waals surface area contributed by atoms with Crippen molar-refractivity contribution in [3.05, 3.63) is 18.6 Å². The number of anilines is 1. The lowest BCUT2D eigenvalue weighted by molar-refractivity contribution is 0.241. The van der Waals surface area contributed by atoms with Crippen LogP contribution in [0.4, 0.5) is 5.82 Å². The van der Waals surface area contributed by atoms with Crippen molar-refractivity contribution in [2.24, 2.45) is 5.92 Å². The molecule has 0 spiro atoms. The summed E-state index contributed by atoms with van der Waals surface area (Å²) in [5.41, 5.74) is 0.927. The Balaban J connectivity index is 1.77. The molecule has 0 saturated heterocycles. The molecule has 2 heterocycles. The van der Waals surface area contributed by atoms with Crippen molar-refractivity contribution in [3.63, 3.8) is 0 Å². The van der Waals surface area contributed by atoms with Crippen molar-refractivity contribution in [2.45, 2.75) is 38.6 Å². The number of hydrogen-bond acceptors (Lipinski definition) is 3. The van der Waals surface area contributed by atoms with Gasteiger partial charge in [-0.3, -0.25) is 0 Å². The Labute approximate surface area is 107 Å². The SMILES string of the molecule is CCCC1CC(N(C)c2ncnc3[nH]ccc23)C1. The smallest absolute Gasteiger partial charge is 0.142 e. The van der Waals surface area contributed by atoms with Crippen molar-refractivity contribution >= 4 is 16.9 Å². The molecule has 1 aliphatic rings. The zero-order valence-electron chi connectivity index (χ0n) is 11.1. The molecule has 0 aromatic carbocycles. The Bertz CT molecular complexity index is 527. The Hall–Kier alpha value is -1.58. The molecule has 96 valence electrons. The van der Waals surface area contributed by atoms with E-state index in [1.165, 1.54) is 25.7 Å². The van der Waals surface area contributed by atoms with E-state index in [1.807, 2.05) is 6.20 Å². The first-order valence-corrected chi connectivity index (χ1v) is 6.80. The number of H-pyrrole nitrogens is 1. The Kier molecular flexibility index (Phi) is 2.94. The van der Waals surface area contributed by atoms with Crippen LogP contribution in [0.25, 0.3) is 11.0 Å². The minimum Gasteiger partial charge on any atom is -0.356 e. The molecule has 1 saturated carbocycles. The van der Waals surface area contributed by atoms with Gasteiger partial charge in [0.05, 0.1) is 5.39 Å². The van der Waals surface area contributed by atoms with Gasteiger partial charge < -0.3 is 9.88 Å². The monoisotopic (exact) mass is 244 g/mol. The molecule has 1 fully saturated rings. The van der Waals surface area contributed by atoms with Crippen LogP contribution in [-0.2, 0) is 0 Å². The second-order valence-corrected chi connectivity index (χ2v) is 5.33. The van der Waals surface area contributed by atoms with Gasteiger partial charge in [0, 0.05) is 19.3 Å². The molecule has 0 amide bonds. The van der Waals surface area contributed by atoms with Gasteiger partial charge >= 0.3 is 0 Å². The zero-order chi connectivity index (χ0) is 12.5. The first-order chi connectivity index (χ1) is 8.79. The van der Waals surface area contributed by atoms with Crippen LogP contribution in [0.2, 0.25) is 0 Å². The molecular weight excluding hydrogens is 224 g/mol. The molecule has 1 N–H and O–H groups in total. The van der Waals surface area contributed by atoms with Gasteiger partial charge in [-0.15, -0.1) is 0 Å². The molecule has 1 aliphatic carbocycles. The highest BCUT2D eigenvalue weighted by Crippen LogP contribution is 2.37. The highest BCUT2D eigenvalue weighted by atomic mass is 15.2. The van der Waals surface area contributed by atoms with Crippen molar-refractivity contribution < 1.29 is 0 Å². The van der Waals surface area contributed by atoms with Crippen LogP contribution < -0.4 is 4.90 Å². The van der Waals surface area contributed by atoms with Crippen LogP contribution in [-0.4, -0.2) is 28.0 Å². The topological polar surface area (TPSA) is 44.8 Å². The number of nitrogens with one attached hydrogen (secondary N) is 1. The van der Waals surface area contributed by atoms with Gasteiger partial charge in [0.15, 0.2) is 0 Å². The molecule has 0 radical (unpaired) electrons. The molecule has 4 nitrogen and oxygen atoms in total. The maximum absolute atomic E-state index is 4.45. The molecule has 2 aromatic heterocycles. The van der Waals surface area contributed by atoms with E-state index in [-0.39, 0.29) is 0 Å². The highest BCUT2D eigenvalue weighted by Gasteiger charge is 2.32. The number of nitrogens with zero attached hydrogens (tertiary/aromatic N) is 3. The van der Waals surface area contributed by atoms with Crippen molar-refractivity contribution in [1.29, 1.82) is 0 Å². The van der Waals surface area contributed by atoms with Crippen LogP contribution >= 0.6 is 0 Å². The van der Waals surface area contributed by atoms with Gasteiger partial charge in [-0.1, -0.05) is 19.8 Å². The largest absolute Gasteiger partial charge is 0.356 e. The standard InChI is InChI=1S/C14H20N4/c1-3-4-10-7-11(8-10)18(2)14-12-5-6-15-13(12)16-9-17-14/h5-6,9-11H,3-4,7-8H2,1-2H3,(H,15,16,17). The molecule has 0 bridgehead atoms. The maximum atomic E-state index is 4.45. The van der Waals surface area contributed by atoms with E-state index in [0.29, 0.717) is 6.04 Å². The first-order valence-electron chi connectivity index (χ1n) is 6.80. The number of hydrogen-bond donors (Lipinski definition) is 1. The molecule has 0 aliphatic heterocycles. The van der Waals surface area contributed by atoms with Crippen LogP contribution in [0, 0.1) is 5.92 Å². The summed E-state index contributed by atoms with van der Waals surface area (Å²) in [6, 6.07) is 2.71. The third-order valence-electron chi connectivity index (χ3n) is 4.12. The van der Waals surface area contributed by atoms with Gasteiger partial charge in [0.25, 0.3) is 0 Å². The zero-order valence-corrected chi connectivity index (χ0v) is 11.1. The van der Waals surface area contributed by atoms with Crippen molar-refractivity contribution in [1.82, 2.24) is 15.0 Å². The Morgan fingerprint density at radius 1 is 1.39 bits per heavy atom. The summed E-state index contributed by atoms with van der Waals surface area (Å²) in [5, 5.41) is 1.12. The van der Waals surface area contributed by atoms with Crippen molar-refractivity contribution in [2.75, 3.05) is 11.9 Å². The fourth-order valence-electron chi connectivity index (χ4n) is 2.97. The summed E-state index contributed by atoms with van der Waals surface area (Å²) < 4.78 is 0. The molecule has 18 heavy (non-hydrogen) atoms. The van der Waals surface area contributed by atoms with Crippen LogP contribution in [0.1, 0.15) is 32.6 Å². The number of aromatic nitrogens is 3. The van der Waals surface area contributed by atoms with Gasteiger partial charge in [0.1, 0.15) is 17.8 Å². The lowest BCUT2D eigenvalue weighted by atomic mass is 9.77. The average Bonchev–Trinajstić information content (AvgIpc) is 2.80. The van der Waals surface area contributed by atoms with Gasteiger partial charge in [0.2, 0.25) is 0 Å². The molecule has 0 atom stereocenters.